The fourth-order valence-corrected chi connectivity index (χ4v) is 2.56. The van der Waals surface area contributed by atoms with E-state index in [-0.39, 0.29) is 30.1 Å². The van der Waals surface area contributed by atoms with Crippen molar-refractivity contribution in [1.82, 2.24) is 15.6 Å². The number of nitrogens with zero attached hydrogens (tertiary/aromatic N) is 2. The van der Waals surface area contributed by atoms with Gasteiger partial charge < -0.3 is 15.4 Å². The zero-order valence-electron chi connectivity index (χ0n) is 14.3. The van der Waals surface area contributed by atoms with Crippen LogP contribution in [0.5, 0.6) is 5.88 Å². The number of nitrogens with one attached hydrogen (secondary N) is 2. The normalized spacial score (nSPS) is 11.1. The lowest BCUT2D eigenvalue weighted by Gasteiger charge is -2.11. The van der Waals surface area contributed by atoms with Crippen LogP contribution in [0.3, 0.4) is 0 Å². The quantitative estimate of drug-likeness (QED) is 0.375. The summed E-state index contributed by atoms with van der Waals surface area (Å²) in [6, 6.07) is 8.05. The van der Waals surface area contributed by atoms with Crippen molar-refractivity contribution in [1.29, 1.82) is 0 Å². The second-order valence-corrected chi connectivity index (χ2v) is 6.33. The number of halogens is 1. The molecule has 0 atom stereocenters. The van der Waals surface area contributed by atoms with Crippen LogP contribution in [0, 0.1) is 0 Å². The number of aliphatic imine (C=N–C) groups is 1. The maximum atomic E-state index is 5.54. The monoisotopic (exact) mass is 460 g/mol. The van der Waals surface area contributed by atoms with E-state index in [0.29, 0.717) is 12.4 Å². The molecule has 0 radical (unpaired) electrons. The maximum Gasteiger partial charge on any atom is 0.213 e. The van der Waals surface area contributed by atoms with E-state index in [0.717, 1.165) is 24.6 Å². The average molecular weight is 460 g/mol. The number of thiophene rings is 1. The molecule has 24 heavy (non-hydrogen) atoms. The van der Waals surface area contributed by atoms with E-state index < -0.39 is 0 Å². The topological polar surface area (TPSA) is 58.5 Å². The Hall–Kier alpha value is -1.35. The molecule has 0 aliphatic carbocycles. The van der Waals surface area contributed by atoms with Gasteiger partial charge in [0.15, 0.2) is 5.96 Å². The first-order chi connectivity index (χ1) is 11.2. The van der Waals surface area contributed by atoms with Gasteiger partial charge in [-0.05, 0) is 37.8 Å². The van der Waals surface area contributed by atoms with Crippen molar-refractivity contribution in [2.45, 2.75) is 40.0 Å². The van der Waals surface area contributed by atoms with Crippen LogP contribution >= 0.6 is 35.3 Å². The Kier molecular flexibility index (Phi) is 9.70. The van der Waals surface area contributed by atoms with Gasteiger partial charge >= 0.3 is 0 Å². The van der Waals surface area contributed by atoms with Crippen molar-refractivity contribution in [2.24, 2.45) is 4.99 Å². The minimum atomic E-state index is 0. The fourth-order valence-electron chi connectivity index (χ4n) is 1.91. The summed E-state index contributed by atoms with van der Waals surface area (Å²) in [6.45, 7) is 8.22. The van der Waals surface area contributed by atoms with Crippen LogP contribution in [-0.2, 0) is 13.1 Å². The van der Waals surface area contributed by atoms with Crippen LogP contribution in [0.1, 0.15) is 31.2 Å². The summed E-state index contributed by atoms with van der Waals surface area (Å²) < 4.78 is 5.54. The average Bonchev–Trinajstić information content (AvgIpc) is 3.04. The predicted octanol–water partition coefficient (Wildman–Crippen LogP) is 3.80. The van der Waals surface area contributed by atoms with Gasteiger partial charge in [-0.25, -0.2) is 9.98 Å². The van der Waals surface area contributed by atoms with Crippen molar-refractivity contribution in [3.8, 4) is 5.88 Å². The van der Waals surface area contributed by atoms with Gasteiger partial charge in [0.1, 0.15) is 0 Å². The number of hydrogen-bond donors (Lipinski definition) is 2. The molecule has 0 bridgehead atoms. The molecule has 5 nitrogen and oxygen atoms in total. The molecule has 0 fully saturated rings. The van der Waals surface area contributed by atoms with Crippen LogP contribution < -0.4 is 15.4 Å². The molecule has 0 aromatic carbocycles. The van der Waals surface area contributed by atoms with Gasteiger partial charge in [-0.2, -0.15) is 0 Å². The van der Waals surface area contributed by atoms with Crippen molar-refractivity contribution < 1.29 is 4.74 Å². The highest BCUT2D eigenvalue weighted by atomic mass is 127. The van der Waals surface area contributed by atoms with Crippen molar-refractivity contribution in [2.75, 3.05) is 6.54 Å². The summed E-state index contributed by atoms with van der Waals surface area (Å²) in [4.78, 5) is 10.2. The molecule has 2 heterocycles. The molecule has 0 spiro atoms. The summed E-state index contributed by atoms with van der Waals surface area (Å²) in [7, 11) is 0. The Bertz CT molecular complexity index is 600. The highest BCUT2D eigenvalue weighted by molar-refractivity contribution is 14.0. The first-order valence-electron chi connectivity index (χ1n) is 7.83. The van der Waals surface area contributed by atoms with E-state index in [9.17, 15) is 0 Å². The van der Waals surface area contributed by atoms with Crippen LogP contribution in [0.25, 0.3) is 0 Å². The number of ether oxygens (including phenoxy) is 1. The van der Waals surface area contributed by atoms with E-state index in [1.807, 2.05) is 32.2 Å². The van der Waals surface area contributed by atoms with E-state index in [1.54, 1.807) is 11.3 Å². The van der Waals surface area contributed by atoms with Gasteiger partial charge in [0.05, 0.1) is 19.2 Å². The maximum absolute atomic E-state index is 5.54. The summed E-state index contributed by atoms with van der Waals surface area (Å²) in [5.41, 5.74) is 1.05. The van der Waals surface area contributed by atoms with E-state index in [2.05, 4.69) is 45.0 Å². The molecule has 0 aliphatic heterocycles. The van der Waals surface area contributed by atoms with Gasteiger partial charge in [0.2, 0.25) is 5.88 Å². The summed E-state index contributed by atoms with van der Waals surface area (Å²) in [6.07, 6.45) is 1.94. The summed E-state index contributed by atoms with van der Waals surface area (Å²) in [5, 5.41) is 8.66. The standard InChI is InChI=1S/C17H24N4OS.HI/c1-4-18-17(21-12-15-6-5-9-23-15)20-11-14-7-8-16(19-10-14)22-13(2)3;/h5-10,13H,4,11-12H2,1-3H3,(H2,18,20,21);1H. The number of aromatic nitrogens is 1. The third kappa shape index (κ3) is 7.48. The summed E-state index contributed by atoms with van der Waals surface area (Å²) >= 11 is 1.73. The molecule has 0 saturated carbocycles. The predicted molar refractivity (Wildman–Crippen MR) is 111 cm³/mol. The highest BCUT2D eigenvalue weighted by Crippen LogP contribution is 2.10. The smallest absolute Gasteiger partial charge is 0.213 e. The van der Waals surface area contributed by atoms with Crippen LogP contribution in [0.15, 0.2) is 40.8 Å². The molecular weight excluding hydrogens is 435 g/mol. The Labute approximate surface area is 165 Å². The fraction of sp³-hybridized carbons (Fsp3) is 0.412. The van der Waals surface area contributed by atoms with Gasteiger partial charge in [-0.15, -0.1) is 35.3 Å². The Morgan fingerprint density at radius 1 is 1.29 bits per heavy atom. The molecule has 0 saturated heterocycles. The molecule has 2 rings (SSSR count). The molecule has 0 aliphatic rings. The lowest BCUT2D eigenvalue weighted by Crippen LogP contribution is -2.36. The molecule has 2 aromatic rings. The Balaban J connectivity index is 0.00000288. The highest BCUT2D eigenvalue weighted by Gasteiger charge is 2.01. The van der Waals surface area contributed by atoms with Crippen LogP contribution in [-0.4, -0.2) is 23.6 Å². The van der Waals surface area contributed by atoms with Crippen LogP contribution in [0.4, 0.5) is 0 Å². The van der Waals surface area contributed by atoms with Gasteiger partial charge in [-0.3, -0.25) is 0 Å². The summed E-state index contributed by atoms with van der Waals surface area (Å²) in [5.74, 6) is 1.46. The minimum absolute atomic E-state index is 0. The second-order valence-electron chi connectivity index (χ2n) is 5.30. The first kappa shape index (κ1) is 20.7. The van der Waals surface area contributed by atoms with Gasteiger partial charge in [0.25, 0.3) is 0 Å². The molecule has 0 unspecified atom stereocenters. The number of rotatable bonds is 7. The van der Waals surface area contributed by atoms with E-state index >= 15 is 0 Å². The van der Waals surface area contributed by atoms with Crippen molar-refractivity contribution >= 4 is 41.3 Å². The third-order valence-corrected chi connectivity index (χ3v) is 3.80. The Morgan fingerprint density at radius 2 is 2.12 bits per heavy atom. The zero-order chi connectivity index (χ0) is 16.5. The van der Waals surface area contributed by atoms with Gasteiger partial charge in [0, 0.05) is 23.7 Å². The molecular formula is C17H25IN4OS. The molecule has 132 valence electrons. The number of guanidine groups is 1. The lowest BCUT2D eigenvalue weighted by atomic mass is 10.3. The van der Waals surface area contributed by atoms with Crippen molar-refractivity contribution in [3.05, 3.63) is 46.3 Å². The molecule has 7 heteroatoms. The van der Waals surface area contributed by atoms with E-state index in [1.165, 1.54) is 4.88 Å². The van der Waals surface area contributed by atoms with Crippen LogP contribution in [0.2, 0.25) is 0 Å². The minimum Gasteiger partial charge on any atom is -0.475 e. The first-order valence-corrected chi connectivity index (χ1v) is 8.71. The number of pyridine rings is 1. The molecule has 2 aromatic heterocycles. The molecule has 0 amide bonds. The third-order valence-electron chi connectivity index (χ3n) is 2.93. The SMILES string of the molecule is CCNC(=NCc1ccc(OC(C)C)nc1)NCc1cccs1.I. The lowest BCUT2D eigenvalue weighted by molar-refractivity contribution is 0.232. The van der Waals surface area contributed by atoms with E-state index in [4.69, 9.17) is 4.74 Å². The Morgan fingerprint density at radius 3 is 2.71 bits per heavy atom. The number of hydrogen-bond acceptors (Lipinski definition) is 4. The second kappa shape index (κ2) is 11.2. The largest absolute Gasteiger partial charge is 0.475 e. The zero-order valence-corrected chi connectivity index (χ0v) is 17.4. The van der Waals surface area contributed by atoms with Gasteiger partial charge in [-0.1, -0.05) is 12.1 Å². The molecule has 2 N–H and O–H groups in total. The van der Waals surface area contributed by atoms with Crippen molar-refractivity contribution in [3.63, 3.8) is 0 Å².